The molecule has 1 heterocycles. The molecule has 0 fully saturated rings. The highest BCUT2D eigenvalue weighted by atomic mass is 32.1. The number of nitrogens with one attached hydrogen (secondary N) is 1. The van der Waals surface area contributed by atoms with Gasteiger partial charge in [-0.1, -0.05) is 0 Å². The molecule has 0 saturated carbocycles. The third-order valence-corrected chi connectivity index (χ3v) is 2.27. The lowest BCUT2D eigenvalue weighted by Gasteiger charge is -2.11. The minimum absolute atomic E-state index is 0.00566. The molecule has 17 heavy (non-hydrogen) atoms. The molecule has 1 atom stereocenters. The number of ether oxygens (including phenoxy) is 1. The Kier molecular flexibility index (Phi) is 4.52. The standard InChI is InChI=1S/C8H9N3O5S/c1-16-6(12)2-4(8(14)15)10-7(13)5-3-9-17-11-5/h3-4H,2H2,1H3,(H,10,13)(H,14,15)/t4-/m0/s1. The number of carboxylic acid groups (broad SMARTS) is 1. The maximum absolute atomic E-state index is 11.5. The van der Waals surface area contributed by atoms with Crippen LogP contribution in [0.5, 0.6) is 0 Å². The van der Waals surface area contributed by atoms with Crippen LogP contribution in [0.1, 0.15) is 16.9 Å². The molecule has 9 heteroatoms. The van der Waals surface area contributed by atoms with Gasteiger partial charge in [0, 0.05) is 0 Å². The second-order valence-electron chi connectivity index (χ2n) is 2.94. The first kappa shape index (κ1) is 13.0. The van der Waals surface area contributed by atoms with Gasteiger partial charge in [-0.25, -0.2) is 4.79 Å². The van der Waals surface area contributed by atoms with E-state index in [0.717, 1.165) is 18.8 Å². The number of carbonyl (C=O) groups excluding carboxylic acids is 2. The summed E-state index contributed by atoms with van der Waals surface area (Å²) in [7, 11) is 1.13. The normalized spacial score (nSPS) is 11.6. The zero-order valence-corrected chi connectivity index (χ0v) is 9.56. The monoisotopic (exact) mass is 259 g/mol. The number of hydrogen-bond acceptors (Lipinski definition) is 7. The van der Waals surface area contributed by atoms with Crippen LogP contribution < -0.4 is 5.32 Å². The lowest BCUT2D eigenvalue weighted by molar-refractivity contribution is -0.147. The summed E-state index contributed by atoms with van der Waals surface area (Å²) in [5.41, 5.74) is 0.00566. The molecule has 0 aliphatic carbocycles. The first-order chi connectivity index (χ1) is 8.04. The zero-order chi connectivity index (χ0) is 12.8. The summed E-state index contributed by atoms with van der Waals surface area (Å²) >= 11 is 0.822. The highest BCUT2D eigenvalue weighted by Gasteiger charge is 2.24. The van der Waals surface area contributed by atoms with E-state index in [2.05, 4.69) is 18.8 Å². The Bertz CT molecular complexity index is 419. The number of hydrogen-bond donors (Lipinski definition) is 2. The Morgan fingerprint density at radius 2 is 2.29 bits per heavy atom. The number of methoxy groups -OCH3 is 1. The Balaban J connectivity index is 2.64. The molecular weight excluding hydrogens is 250 g/mol. The van der Waals surface area contributed by atoms with E-state index in [-0.39, 0.29) is 5.69 Å². The van der Waals surface area contributed by atoms with E-state index >= 15 is 0 Å². The summed E-state index contributed by atoms with van der Waals surface area (Å²) in [6.45, 7) is 0. The predicted octanol–water partition coefficient (Wildman–Crippen LogP) is -0.716. The van der Waals surface area contributed by atoms with Crippen molar-refractivity contribution in [2.75, 3.05) is 7.11 Å². The highest BCUT2D eigenvalue weighted by molar-refractivity contribution is 6.99. The predicted molar refractivity (Wildman–Crippen MR) is 55.4 cm³/mol. The van der Waals surface area contributed by atoms with Gasteiger partial charge in [0.1, 0.15) is 6.04 Å². The van der Waals surface area contributed by atoms with Crippen LogP contribution in [-0.4, -0.2) is 44.9 Å². The molecule has 0 bridgehead atoms. The van der Waals surface area contributed by atoms with E-state index in [1.54, 1.807) is 0 Å². The number of aromatic nitrogens is 2. The van der Waals surface area contributed by atoms with E-state index in [1.807, 2.05) is 0 Å². The van der Waals surface area contributed by atoms with Crippen LogP contribution in [0.2, 0.25) is 0 Å². The molecule has 0 saturated heterocycles. The molecule has 1 aromatic rings. The largest absolute Gasteiger partial charge is 0.480 e. The van der Waals surface area contributed by atoms with Crippen molar-refractivity contribution in [2.45, 2.75) is 12.5 Å². The second kappa shape index (κ2) is 5.89. The second-order valence-corrected chi connectivity index (χ2v) is 3.49. The summed E-state index contributed by atoms with van der Waals surface area (Å²) in [5.74, 6) is -2.75. The summed E-state index contributed by atoms with van der Waals surface area (Å²) < 4.78 is 11.6. The van der Waals surface area contributed by atoms with E-state index < -0.39 is 30.3 Å². The number of carbonyl (C=O) groups is 3. The summed E-state index contributed by atoms with van der Waals surface area (Å²) in [4.78, 5) is 33.2. The first-order valence-corrected chi connectivity index (χ1v) is 5.15. The molecule has 8 nitrogen and oxygen atoms in total. The molecule has 0 unspecified atom stereocenters. The smallest absolute Gasteiger partial charge is 0.326 e. The molecule has 92 valence electrons. The number of rotatable bonds is 5. The van der Waals surface area contributed by atoms with E-state index in [0.29, 0.717) is 0 Å². The van der Waals surface area contributed by atoms with Gasteiger partial charge in [0.15, 0.2) is 5.69 Å². The summed E-state index contributed by atoms with van der Waals surface area (Å²) in [6.07, 6.45) is 0.756. The third kappa shape index (κ3) is 3.79. The highest BCUT2D eigenvalue weighted by Crippen LogP contribution is 1.99. The molecule has 2 N–H and O–H groups in total. The number of carboxylic acids is 1. The molecular formula is C8H9N3O5S. The molecule has 0 aliphatic heterocycles. The van der Waals surface area contributed by atoms with E-state index in [4.69, 9.17) is 5.11 Å². The Morgan fingerprint density at radius 1 is 1.59 bits per heavy atom. The van der Waals surface area contributed by atoms with Crippen molar-refractivity contribution in [2.24, 2.45) is 0 Å². The first-order valence-electron chi connectivity index (χ1n) is 4.42. The Hall–Kier alpha value is -2.03. The van der Waals surface area contributed by atoms with Gasteiger partial charge >= 0.3 is 11.9 Å². The fraction of sp³-hybridized carbons (Fsp3) is 0.375. The van der Waals surface area contributed by atoms with Crippen LogP contribution in [0.25, 0.3) is 0 Å². The maximum Gasteiger partial charge on any atom is 0.326 e. The van der Waals surface area contributed by atoms with Crippen molar-refractivity contribution in [1.82, 2.24) is 14.1 Å². The van der Waals surface area contributed by atoms with Gasteiger partial charge in [-0.2, -0.15) is 8.75 Å². The fourth-order valence-electron chi connectivity index (χ4n) is 0.947. The molecule has 0 aromatic carbocycles. The molecule has 1 amide bonds. The van der Waals surface area contributed by atoms with Crippen LogP contribution in [-0.2, 0) is 14.3 Å². The maximum atomic E-state index is 11.5. The van der Waals surface area contributed by atoms with Crippen LogP contribution in [0.15, 0.2) is 6.20 Å². The van der Waals surface area contributed by atoms with Crippen LogP contribution in [0.4, 0.5) is 0 Å². The van der Waals surface area contributed by atoms with E-state index in [1.165, 1.54) is 6.20 Å². The van der Waals surface area contributed by atoms with Crippen molar-refractivity contribution < 1.29 is 24.2 Å². The Labute approximate surface area is 99.9 Å². The lowest BCUT2D eigenvalue weighted by atomic mass is 10.2. The number of aliphatic carboxylic acids is 1. The SMILES string of the molecule is COC(=O)C[C@H](NC(=O)c1cnsn1)C(=O)O. The van der Waals surface area contributed by atoms with E-state index in [9.17, 15) is 14.4 Å². The van der Waals surface area contributed by atoms with Crippen molar-refractivity contribution in [1.29, 1.82) is 0 Å². The minimum Gasteiger partial charge on any atom is -0.480 e. The number of nitrogens with zero attached hydrogens (tertiary/aromatic N) is 2. The van der Waals surface area contributed by atoms with Crippen LogP contribution in [0.3, 0.4) is 0 Å². The minimum atomic E-state index is -1.35. The van der Waals surface area contributed by atoms with Crippen molar-refractivity contribution in [3.63, 3.8) is 0 Å². The third-order valence-electron chi connectivity index (χ3n) is 1.80. The van der Waals surface area contributed by atoms with Gasteiger partial charge in [0.05, 0.1) is 31.5 Å². The van der Waals surface area contributed by atoms with Crippen molar-refractivity contribution in [3.05, 3.63) is 11.9 Å². The summed E-state index contributed by atoms with van der Waals surface area (Å²) in [5, 5.41) is 11.0. The molecule has 0 aliphatic rings. The Morgan fingerprint density at radius 3 is 2.76 bits per heavy atom. The van der Waals surface area contributed by atoms with Gasteiger partial charge in [-0.3, -0.25) is 9.59 Å². The van der Waals surface area contributed by atoms with Crippen molar-refractivity contribution >= 4 is 29.6 Å². The number of esters is 1. The van der Waals surface area contributed by atoms with Gasteiger partial charge in [0.2, 0.25) is 0 Å². The van der Waals surface area contributed by atoms with Crippen molar-refractivity contribution in [3.8, 4) is 0 Å². The number of amides is 1. The fourth-order valence-corrected chi connectivity index (χ4v) is 1.36. The van der Waals surface area contributed by atoms with Gasteiger partial charge in [0.25, 0.3) is 5.91 Å². The average Bonchev–Trinajstić information content (AvgIpc) is 2.81. The molecule has 1 aromatic heterocycles. The molecule has 1 rings (SSSR count). The van der Waals surface area contributed by atoms with Gasteiger partial charge in [-0.15, -0.1) is 0 Å². The topological polar surface area (TPSA) is 118 Å². The average molecular weight is 259 g/mol. The summed E-state index contributed by atoms with van der Waals surface area (Å²) in [6, 6.07) is -1.35. The quantitative estimate of drug-likeness (QED) is 0.670. The van der Waals surface area contributed by atoms with Crippen LogP contribution in [0, 0.1) is 0 Å². The molecule has 0 radical (unpaired) electrons. The molecule has 0 spiro atoms. The van der Waals surface area contributed by atoms with Gasteiger partial charge < -0.3 is 15.2 Å². The lowest BCUT2D eigenvalue weighted by Crippen LogP contribution is -2.42. The van der Waals surface area contributed by atoms with Gasteiger partial charge in [-0.05, 0) is 0 Å². The zero-order valence-electron chi connectivity index (χ0n) is 8.74. The van der Waals surface area contributed by atoms with Crippen LogP contribution >= 0.6 is 11.7 Å².